The van der Waals surface area contributed by atoms with Crippen LogP contribution in [0.1, 0.15) is 56.8 Å². The van der Waals surface area contributed by atoms with E-state index in [1.165, 1.54) is 12.0 Å². The van der Waals surface area contributed by atoms with E-state index in [9.17, 15) is 0 Å². The smallest absolute Gasteiger partial charge is 0.134 e. The summed E-state index contributed by atoms with van der Waals surface area (Å²) >= 11 is 0. The molecule has 1 fully saturated rings. The first-order chi connectivity index (χ1) is 12.5. The molecule has 138 valence electrons. The van der Waals surface area contributed by atoms with Gasteiger partial charge in [-0.1, -0.05) is 50.8 Å². The number of fused-ring (bicyclic) bond motifs is 1. The highest BCUT2D eigenvalue weighted by Gasteiger charge is 2.30. The molecule has 2 aliphatic rings. The van der Waals surface area contributed by atoms with Crippen LogP contribution >= 0.6 is 0 Å². The lowest BCUT2D eigenvalue weighted by Crippen LogP contribution is -2.37. The summed E-state index contributed by atoms with van der Waals surface area (Å²) in [5.41, 5.74) is 3.60. The van der Waals surface area contributed by atoms with E-state index in [-0.39, 0.29) is 0 Å². The third kappa shape index (κ3) is 3.13. The quantitative estimate of drug-likeness (QED) is 0.850. The fourth-order valence-corrected chi connectivity index (χ4v) is 4.67. The zero-order valence-electron chi connectivity index (χ0n) is 16.2. The number of rotatable bonds is 3. The molecule has 2 aromatic rings. The Hall–Kier alpha value is -2.23. The van der Waals surface area contributed by atoms with Gasteiger partial charge in [0.1, 0.15) is 5.82 Å². The molecule has 26 heavy (non-hydrogen) atoms. The van der Waals surface area contributed by atoms with Crippen molar-refractivity contribution >= 4 is 11.5 Å². The minimum Gasteiger partial charge on any atom is -0.371 e. The Bertz CT molecular complexity index is 769. The summed E-state index contributed by atoms with van der Waals surface area (Å²) in [6.45, 7) is 13.6. The summed E-state index contributed by atoms with van der Waals surface area (Å²) in [4.78, 5) is 2.45. The highest BCUT2D eigenvalue weighted by atomic mass is 15.4. The van der Waals surface area contributed by atoms with Crippen LogP contribution in [-0.2, 0) is 0 Å². The summed E-state index contributed by atoms with van der Waals surface area (Å²) in [5, 5.41) is 8.43. The average molecular weight is 351 g/mol. The van der Waals surface area contributed by atoms with Gasteiger partial charge in [-0.05, 0) is 37.2 Å². The molecule has 0 saturated carbocycles. The second kappa shape index (κ2) is 6.82. The molecule has 1 N–H and O–H groups in total. The average Bonchev–Trinajstić information content (AvgIpc) is 3.05. The Labute approximate surface area is 156 Å². The molecule has 0 radical (unpaired) electrons. The van der Waals surface area contributed by atoms with Crippen LogP contribution in [0.5, 0.6) is 0 Å². The molecule has 4 heteroatoms. The maximum atomic E-state index is 4.69. The number of aromatic nitrogens is 2. The number of hydrogen-bond donors (Lipinski definition) is 1. The maximum absolute atomic E-state index is 4.69. The van der Waals surface area contributed by atoms with Crippen LogP contribution < -0.4 is 5.32 Å². The zero-order valence-corrected chi connectivity index (χ0v) is 16.2. The summed E-state index contributed by atoms with van der Waals surface area (Å²) in [6.07, 6.45) is 4.35. The van der Waals surface area contributed by atoms with Crippen LogP contribution in [0.4, 0.5) is 5.82 Å². The Balaban J connectivity index is 1.62. The largest absolute Gasteiger partial charge is 0.371 e. The monoisotopic (exact) mass is 350 g/mol. The fourth-order valence-electron chi connectivity index (χ4n) is 4.67. The predicted octanol–water partition coefficient (Wildman–Crippen LogP) is 4.95. The number of likely N-dealkylation sites (tertiary alicyclic amines) is 1. The van der Waals surface area contributed by atoms with E-state index in [0.29, 0.717) is 23.9 Å². The number of piperidine rings is 1. The number of hydrogen-bond acceptors (Lipinski definition) is 3. The van der Waals surface area contributed by atoms with Crippen molar-refractivity contribution in [2.45, 2.75) is 45.7 Å². The summed E-state index contributed by atoms with van der Waals surface area (Å²) in [6, 6.07) is 11.4. The third-order valence-corrected chi connectivity index (χ3v) is 5.86. The lowest BCUT2D eigenvalue weighted by molar-refractivity contribution is 0.204. The van der Waals surface area contributed by atoms with Gasteiger partial charge >= 0.3 is 0 Å². The van der Waals surface area contributed by atoms with Gasteiger partial charge in [-0.15, -0.1) is 0 Å². The molecule has 1 aromatic carbocycles. The lowest BCUT2D eigenvalue weighted by atomic mass is 9.91. The predicted molar refractivity (Wildman–Crippen MR) is 108 cm³/mol. The summed E-state index contributed by atoms with van der Waals surface area (Å²) in [7, 11) is 0. The molecule has 4 nitrogen and oxygen atoms in total. The van der Waals surface area contributed by atoms with Crippen LogP contribution in [0.15, 0.2) is 43.1 Å². The van der Waals surface area contributed by atoms with Crippen LogP contribution in [-0.4, -0.2) is 27.8 Å². The molecule has 0 amide bonds. The first-order valence-corrected chi connectivity index (χ1v) is 9.86. The van der Waals surface area contributed by atoms with E-state index in [0.717, 1.165) is 36.6 Å². The molecular formula is C22H30N4. The molecule has 1 aromatic heterocycles. The van der Waals surface area contributed by atoms with Gasteiger partial charge in [0.15, 0.2) is 0 Å². The molecule has 0 aliphatic carbocycles. The zero-order chi connectivity index (χ0) is 18.3. The van der Waals surface area contributed by atoms with E-state index in [2.05, 4.69) is 77.7 Å². The molecule has 4 atom stereocenters. The summed E-state index contributed by atoms with van der Waals surface area (Å²) in [5.74, 6) is 2.55. The van der Waals surface area contributed by atoms with Gasteiger partial charge in [-0.25, -0.2) is 4.68 Å². The molecule has 1 saturated heterocycles. The number of nitrogens with one attached hydrogen (secondary N) is 1. The van der Waals surface area contributed by atoms with Gasteiger partial charge in [0, 0.05) is 18.8 Å². The van der Waals surface area contributed by atoms with Crippen molar-refractivity contribution in [3.63, 3.8) is 0 Å². The van der Waals surface area contributed by atoms with Gasteiger partial charge in [0.2, 0.25) is 0 Å². The maximum Gasteiger partial charge on any atom is 0.134 e. The minimum absolute atomic E-state index is 0.321. The van der Waals surface area contributed by atoms with E-state index in [1.807, 2.05) is 6.20 Å². The molecule has 4 rings (SSSR count). The Kier molecular flexibility index (Phi) is 4.51. The number of benzene rings is 1. The van der Waals surface area contributed by atoms with Crippen molar-refractivity contribution in [2.24, 2.45) is 11.8 Å². The van der Waals surface area contributed by atoms with Gasteiger partial charge in [-0.3, -0.25) is 0 Å². The van der Waals surface area contributed by atoms with Crippen molar-refractivity contribution in [2.75, 3.05) is 18.4 Å². The highest BCUT2D eigenvalue weighted by molar-refractivity contribution is 5.72. The van der Waals surface area contributed by atoms with Gasteiger partial charge in [-0.2, -0.15) is 5.10 Å². The number of anilines is 1. The topological polar surface area (TPSA) is 33.1 Å². The van der Waals surface area contributed by atoms with E-state index < -0.39 is 0 Å². The minimum atomic E-state index is 0.321. The fraction of sp³-hybridized carbons (Fsp3) is 0.500. The van der Waals surface area contributed by atoms with E-state index >= 15 is 0 Å². The van der Waals surface area contributed by atoms with Crippen LogP contribution in [0.25, 0.3) is 5.70 Å². The molecule has 4 unspecified atom stereocenters. The molecule has 2 aliphatic heterocycles. The Morgan fingerprint density at radius 3 is 2.46 bits per heavy atom. The van der Waals surface area contributed by atoms with Crippen molar-refractivity contribution in [3.8, 4) is 0 Å². The highest BCUT2D eigenvalue weighted by Crippen LogP contribution is 2.39. The molecule has 3 heterocycles. The van der Waals surface area contributed by atoms with Crippen LogP contribution in [0.3, 0.4) is 0 Å². The normalized spacial score (nSPS) is 28.3. The molecular weight excluding hydrogens is 320 g/mol. The second-order valence-corrected chi connectivity index (χ2v) is 8.34. The second-order valence-electron chi connectivity index (χ2n) is 8.34. The SMILES string of the molecule is C=C(c1cnn2c1NC(c1ccccc1)CC2C)N1CC(C)CC(C)C1. The standard InChI is InChI=1S/C22H30N4/c1-15-10-16(2)14-25(13-15)18(4)20-12-23-26-17(3)11-21(24-22(20)26)19-8-6-5-7-9-19/h5-9,12,15-17,21,24H,4,10-11,13-14H2,1-3H3. The first kappa shape index (κ1) is 17.2. The van der Waals surface area contributed by atoms with Crippen molar-refractivity contribution < 1.29 is 0 Å². The Morgan fingerprint density at radius 2 is 1.77 bits per heavy atom. The van der Waals surface area contributed by atoms with E-state index in [4.69, 9.17) is 0 Å². The van der Waals surface area contributed by atoms with Crippen molar-refractivity contribution in [1.29, 1.82) is 0 Å². The number of nitrogens with zero attached hydrogens (tertiary/aromatic N) is 3. The third-order valence-electron chi connectivity index (χ3n) is 5.86. The van der Waals surface area contributed by atoms with E-state index in [1.54, 1.807) is 0 Å². The summed E-state index contributed by atoms with van der Waals surface area (Å²) < 4.78 is 2.14. The van der Waals surface area contributed by atoms with Gasteiger partial charge < -0.3 is 10.2 Å². The lowest BCUT2D eigenvalue weighted by Gasteiger charge is -2.38. The van der Waals surface area contributed by atoms with Crippen LogP contribution in [0.2, 0.25) is 0 Å². The van der Waals surface area contributed by atoms with Crippen LogP contribution in [0, 0.1) is 11.8 Å². The molecule has 0 bridgehead atoms. The van der Waals surface area contributed by atoms with Gasteiger partial charge in [0.25, 0.3) is 0 Å². The van der Waals surface area contributed by atoms with Crippen molar-refractivity contribution in [3.05, 3.63) is 54.2 Å². The first-order valence-electron chi connectivity index (χ1n) is 9.86. The Morgan fingerprint density at radius 1 is 1.08 bits per heavy atom. The van der Waals surface area contributed by atoms with Crippen molar-refractivity contribution in [1.82, 2.24) is 14.7 Å². The molecule has 0 spiro atoms. The van der Waals surface area contributed by atoms with Gasteiger partial charge in [0.05, 0.1) is 23.8 Å².